The zero-order valence-electron chi connectivity index (χ0n) is 37.9. The first kappa shape index (κ1) is 54.6. The summed E-state index contributed by atoms with van der Waals surface area (Å²) >= 11 is 0. The van der Waals surface area contributed by atoms with Gasteiger partial charge in [0.1, 0.15) is 13.2 Å². The van der Waals surface area contributed by atoms with E-state index in [2.05, 4.69) is 57.2 Å². The lowest BCUT2D eigenvalue weighted by Gasteiger charge is -2.18. The molecule has 0 aliphatic rings. The van der Waals surface area contributed by atoms with Crippen LogP contribution in [0.15, 0.2) is 36.5 Å². The smallest absolute Gasteiger partial charge is 0.306 e. The van der Waals surface area contributed by atoms with E-state index in [9.17, 15) is 14.4 Å². The Morgan fingerprint density at radius 3 is 1.07 bits per heavy atom. The van der Waals surface area contributed by atoms with Crippen LogP contribution in [0.25, 0.3) is 0 Å². The molecule has 6 heteroatoms. The van der Waals surface area contributed by atoms with E-state index in [1.165, 1.54) is 128 Å². The predicted molar refractivity (Wildman–Crippen MR) is 242 cm³/mol. The van der Waals surface area contributed by atoms with Crippen molar-refractivity contribution in [1.82, 2.24) is 0 Å². The molecule has 0 amide bonds. The molecule has 332 valence electrons. The Morgan fingerprint density at radius 1 is 0.368 bits per heavy atom. The number of carbonyl (C=O) groups is 3. The number of ether oxygens (including phenoxy) is 3. The highest BCUT2D eigenvalue weighted by atomic mass is 16.6. The molecule has 0 aromatic carbocycles. The van der Waals surface area contributed by atoms with E-state index in [1.807, 2.05) is 0 Å². The zero-order valence-corrected chi connectivity index (χ0v) is 37.9. The fourth-order valence-electron chi connectivity index (χ4n) is 6.94. The molecule has 0 aromatic heterocycles. The number of rotatable bonds is 44. The first-order valence-electron chi connectivity index (χ1n) is 24.5. The van der Waals surface area contributed by atoms with Gasteiger partial charge in [0.2, 0.25) is 0 Å². The molecule has 1 unspecified atom stereocenters. The minimum Gasteiger partial charge on any atom is -0.462 e. The molecular weight excluding hydrogens is 709 g/mol. The summed E-state index contributed by atoms with van der Waals surface area (Å²) in [5.74, 6) is -0.890. The van der Waals surface area contributed by atoms with Crippen molar-refractivity contribution in [3.8, 4) is 0 Å². The highest BCUT2D eigenvalue weighted by molar-refractivity contribution is 5.71. The van der Waals surface area contributed by atoms with Gasteiger partial charge in [0.25, 0.3) is 0 Å². The van der Waals surface area contributed by atoms with E-state index in [1.54, 1.807) is 0 Å². The maximum Gasteiger partial charge on any atom is 0.306 e. The molecule has 0 radical (unpaired) electrons. The van der Waals surface area contributed by atoms with Crippen molar-refractivity contribution in [3.05, 3.63) is 36.5 Å². The van der Waals surface area contributed by atoms with Crippen molar-refractivity contribution >= 4 is 17.9 Å². The van der Waals surface area contributed by atoms with Crippen LogP contribution in [0.2, 0.25) is 0 Å². The Hall–Kier alpha value is -2.37. The van der Waals surface area contributed by atoms with Crippen LogP contribution in [0.4, 0.5) is 0 Å². The number of esters is 3. The van der Waals surface area contributed by atoms with Gasteiger partial charge in [-0.3, -0.25) is 14.4 Å². The van der Waals surface area contributed by atoms with E-state index in [0.29, 0.717) is 19.3 Å². The van der Waals surface area contributed by atoms with Crippen LogP contribution in [0, 0.1) is 0 Å². The maximum atomic E-state index is 12.7. The average molecular weight is 801 g/mol. The monoisotopic (exact) mass is 801 g/mol. The lowest BCUT2D eigenvalue weighted by molar-refractivity contribution is -0.167. The van der Waals surface area contributed by atoms with Crippen molar-refractivity contribution < 1.29 is 28.6 Å². The highest BCUT2D eigenvalue weighted by Gasteiger charge is 2.19. The number of hydrogen-bond acceptors (Lipinski definition) is 6. The number of carbonyl (C=O) groups excluding carboxylic acids is 3. The molecule has 0 saturated heterocycles. The normalized spacial score (nSPS) is 12.3. The van der Waals surface area contributed by atoms with Gasteiger partial charge in [0.05, 0.1) is 0 Å². The molecule has 0 aliphatic heterocycles. The molecule has 0 aromatic rings. The molecule has 0 saturated carbocycles. The molecule has 0 spiro atoms. The summed E-state index contributed by atoms with van der Waals surface area (Å²) in [4.78, 5) is 37.8. The van der Waals surface area contributed by atoms with E-state index < -0.39 is 6.10 Å². The van der Waals surface area contributed by atoms with Gasteiger partial charge in [-0.15, -0.1) is 0 Å². The fourth-order valence-corrected chi connectivity index (χ4v) is 6.94. The molecule has 0 fully saturated rings. The van der Waals surface area contributed by atoms with Crippen LogP contribution in [-0.2, 0) is 28.6 Å². The molecule has 1 atom stereocenters. The first-order valence-corrected chi connectivity index (χ1v) is 24.5. The van der Waals surface area contributed by atoms with Gasteiger partial charge < -0.3 is 14.2 Å². The standard InChI is InChI=1S/C51H92O6/c1-4-7-10-13-16-19-21-23-25-26-28-29-32-35-38-41-44-50(53)56-47-48(46-55-49(52)43-40-37-34-31-18-15-12-9-6-3)57-51(54)45-42-39-36-33-30-27-24-22-20-17-14-11-8-5-2/h8,11,17,20,25-26,48H,4-7,9-10,12-16,18-19,21-24,27-47H2,1-3H3/b11-8-,20-17-,26-25-. The third-order valence-corrected chi connectivity index (χ3v) is 10.6. The third kappa shape index (κ3) is 44.6. The first-order chi connectivity index (χ1) is 28.0. The summed E-state index contributed by atoms with van der Waals surface area (Å²) in [6.45, 7) is 6.50. The van der Waals surface area contributed by atoms with Gasteiger partial charge in [-0.05, 0) is 70.6 Å². The second kappa shape index (κ2) is 46.3. The summed E-state index contributed by atoms with van der Waals surface area (Å²) in [6.07, 6.45) is 52.7. The minimum absolute atomic E-state index is 0.0760. The van der Waals surface area contributed by atoms with Crippen LogP contribution < -0.4 is 0 Å². The number of allylic oxidation sites excluding steroid dienone is 6. The summed E-state index contributed by atoms with van der Waals surface area (Å²) in [7, 11) is 0. The maximum absolute atomic E-state index is 12.7. The molecule has 0 bridgehead atoms. The van der Waals surface area contributed by atoms with Crippen LogP contribution in [-0.4, -0.2) is 37.2 Å². The van der Waals surface area contributed by atoms with Crippen LogP contribution in [0.3, 0.4) is 0 Å². The summed E-state index contributed by atoms with van der Waals surface area (Å²) in [5.41, 5.74) is 0. The summed E-state index contributed by atoms with van der Waals surface area (Å²) in [6, 6.07) is 0. The van der Waals surface area contributed by atoms with E-state index >= 15 is 0 Å². The molecule has 0 aliphatic carbocycles. The van der Waals surface area contributed by atoms with Crippen molar-refractivity contribution in [1.29, 1.82) is 0 Å². The zero-order chi connectivity index (χ0) is 41.5. The Morgan fingerprint density at radius 2 is 0.684 bits per heavy atom. The van der Waals surface area contributed by atoms with Gasteiger partial charge in [0, 0.05) is 19.3 Å². The van der Waals surface area contributed by atoms with Crippen molar-refractivity contribution in [3.63, 3.8) is 0 Å². The van der Waals surface area contributed by atoms with Crippen molar-refractivity contribution in [2.75, 3.05) is 13.2 Å². The van der Waals surface area contributed by atoms with Gasteiger partial charge in [-0.2, -0.15) is 0 Å². The number of hydrogen-bond donors (Lipinski definition) is 0. The Bertz CT molecular complexity index is 969. The van der Waals surface area contributed by atoms with Gasteiger partial charge >= 0.3 is 17.9 Å². The quantitative estimate of drug-likeness (QED) is 0.0264. The van der Waals surface area contributed by atoms with Gasteiger partial charge in [0.15, 0.2) is 6.10 Å². The topological polar surface area (TPSA) is 78.9 Å². The lowest BCUT2D eigenvalue weighted by Crippen LogP contribution is -2.30. The second-order valence-electron chi connectivity index (χ2n) is 16.3. The SMILES string of the molecule is CC/C=C\C/C=C\CCCCCCCCCC(=O)OC(COC(=O)CCCCCCC/C=C\CCCCCCCCC)COC(=O)CCCCCCCCCCC. The third-order valence-electron chi connectivity index (χ3n) is 10.6. The Labute approximate surface area is 353 Å². The van der Waals surface area contributed by atoms with Crippen LogP contribution >= 0.6 is 0 Å². The summed E-state index contributed by atoms with van der Waals surface area (Å²) in [5, 5.41) is 0. The summed E-state index contributed by atoms with van der Waals surface area (Å²) < 4.78 is 16.7. The van der Waals surface area contributed by atoms with Gasteiger partial charge in [-0.25, -0.2) is 0 Å². The fraction of sp³-hybridized carbons (Fsp3) is 0.824. The Kier molecular flexibility index (Phi) is 44.4. The minimum atomic E-state index is -0.774. The second-order valence-corrected chi connectivity index (χ2v) is 16.3. The highest BCUT2D eigenvalue weighted by Crippen LogP contribution is 2.15. The van der Waals surface area contributed by atoms with Crippen molar-refractivity contribution in [2.24, 2.45) is 0 Å². The lowest BCUT2D eigenvalue weighted by atomic mass is 10.1. The molecule has 0 N–H and O–H groups in total. The molecule has 0 heterocycles. The van der Waals surface area contributed by atoms with E-state index in [4.69, 9.17) is 14.2 Å². The van der Waals surface area contributed by atoms with Gasteiger partial charge in [-0.1, -0.05) is 198 Å². The van der Waals surface area contributed by atoms with Crippen molar-refractivity contribution in [2.45, 2.75) is 258 Å². The molecule has 0 rings (SSSR count). The average Bonchev–Trinajstić information content (AvgIpc) is 3.21. The van der Waals surface area contributed by atoms with Crippen LogP contribution in [0.5, 0.6) is 0 Å². The van der Waals surface area contributed by atoms with Crippen LogP contribution in [0.1, 0.15) is 252 Å². The molecule has 6 nitrogen and oxygen atoms in total. The largest absolute Gasteiger partial charge is 0.462 e. The predicted octanol–water partition coefficient (Wildman–Crippen LogP) is 15.8. The number of unbranched alkanes of at least 4 members (excludes halogenated alkanes) is 27. The van der Waals surface area contributed by atoms with E-state index in [-0.39, 0.29) is 31.1 Å². The Balaban J connectivity index is 4.33. The van der Waals surface area contributed by atoms with E-state index in [0.717, 1.165) is 83.5 Å². The molecule has 57 heavy (non-hydrogen) atoms. The molecular formula is C51H92O6.